The molecule has 0 amide bonds. The van der Waals surface area contributed by atoms with Crippen molar-refractivity contribution in [1.82, 2.24) is 0 Å². The largest absolute Gasteiger partial charge is 0.497 e. The van der Waals surface area contributed by atoms with Gasteiger partial charge in [-0.25, -0.2) is 4.39 Å². The van der Waals surface area contributed by atoms with E-state index >= 15 is 0 Å². The molecule has 2 aromatic carbocycles. The normalized spacial score (nSPS) is 10.4. The number of methoxy groups -OCH3 is 1. The van der Waals surface area contributed by atoms with Crippen molar-refractivity contribution < 1.29 is 9.13 Å². The van der Waals surface area contributed by atoms with E-state index in [0.717, 1.165) is 17.0 Å². The Bertz CT molecular complexity index is 586. The number of halogens is 1. The minimum absolute atomic E-state index is 0.185. The third kappa shape index (κ3) is 3.08. The van der Waals surface area contributed by atoms with Crippen molar-refractivity contribution in [2.75, 3.05) is 19.1 Å². The lowest BCUT2D eigenvalue weighted by atomic mass is 10.1. The molecular formula is C16H19FN2O. The molecule has 0 aromatic heterocycles. The molecule has 0 saturated heterocycles. The van der Waals surface area contributed by atoms with Crippen LogP contribution in [0.15, 0.2) is 42.5 Å². The Balaban J connectivity index is 2.23. The van der Waals surface area contributed by atoms with Gasteiger partial charge in [-0.05, 0) is 29.8 Å². The van der Waals surface area contributed by atoms with Crippen molar-refractivity contribution in [3.8, 4) is 5.75 Å². The van der Waals surface area contributed by atoms with Gasteiger partial charge in [-0.1, -0.05) is 18.2 Å². The highest BCUT2D eigenvalue weighted by atomic mass is 19.1. The predicted molar refractivity (Wildman–Crippen MR) is 79.4 cm³/mol. The van der Waals surface area contributed by atoms with E-state index in [1.165, 1.54) is 6.07 Å². The summed E-state index contributed by atoms with van der Waals surface area (Å²) in [6, 6.07) is 12.8. The van der Waals surface area contributed by atoms with Gasteiger partial charge in [0.2, 0.25) is 0 Å². The molecule has 3 nitrogen and oxygen atoms in total. The van der Waals surface area contributed by atoms with E-state index in [-0.39, 0.29) is 12.4 Å². The minimum atomic E-state index is -0.262. The lowest BCUT2D eigenvalue weighted by molar-refractivity contribution is 0.414. The van der Waals surface area contributed by atoms with Gasteiger partial charge in [0, 0.05) is 31.4 Å². The van der Waals surface area contributed by atoms with Crippen LogP contribution in [-0.2, 0) is 13.1 Å². The standard InChI is InChI=1S/C16H19FN2O/c1-19(11-12-5-3-6-13(9-12)20-2)16-8-4-7-15(17)14(16)10-18/h3-9H,10-11,18H2,1-2H3. The molecule has 2 aromatic rings. The second kappa shape index (κ2) is 6.39. The third-order valence-corrected chi connectivity index (χ3v) is 3.26. The maximum Gasteiger partial charge on any atom is 0.129 e. The highest BCUT2D eigenvalue weighted by molar-refractivity contribution is 5.54. The van der Waals surface area contributed by atoms with Crippen molar-refractivity contribution in [2.24, 2.45) is 5.73 Å². The number of nitrogens with zero attached hydrogens (tertiary/aromatic N) is 1. The van der Waals surface area contributed by atoms with Gasteiger partial charge in [0.15, 0.2) is 0 Å². The molecule has 20 heavy (non-hydrogen) atoms. The number of hydrogen-bond donors (Lipinski definition) is 1. The van der Waals surface area contributed by atoms with E-state index in [9.17, 15) is 4.39 Å². The first-order valence-corrected chi connectivity index (χ1v) is 6.47. The summed E-state index contributed by atoms with van der Waals surface area (Å²) in [5.74, 6) is 0.552. The molecule has 0 aliphatic carbocycles. The van der Waals surface area contributed by atoms with Crippen LogP contribution in [0, 0.1) is 5.82 Å². The second-order valence-electron chi connectivity index (χ2n) is 4.65. The molecule has 4 heteroatoms. The molecule has 0 bridgehead atoms. The summed E-state index contributed by atoms with van der Waals surface area (Å²) >= 11 is 0. The maximum atomic E-state index is 13.7. The van der Waals surface area contributed by atoms with Gasteiger partial charge >= 0.3 is 0 Å². The number of ether oxygens (including phenoxy) is 1. The molecule has 0 aliphatic rings. The predicted octanol–water partition coefficient (Wildman–Crippen LogP) is 2.93. The zero-order valence-electron chi connectivity index (χ0n) is 11.8. The summed E-state index contributed by atoms with van der Waals surface area (Å²) in [7, 11) is 3.56. The Morgan fingerprint density at radius 2 is 1.95 bits per heavy atom. The van der Waals surface area contributed by atoms with Crippen LogP contribution in [0.1, 0.15) is 11.1 Å². The SMILES string of the molecule is COc1cccc(CN(C)c2cccc(F)c2CN)c1. The van der Waals surface area contributed by atoms with Crippen LogP contribution in [0.2, 0.25) is 0 Å². The van der Waals surface area contributed by atoms with Crippen LogP contribution in [0.5, 0.6) is 5.75 Å². The van der Waals surface area contributed by atoms with Gasteiger partial charge in [0.25, 0.3) is 0 Å². The van der Waals surface area contributed by atoms with Gasteiger partial charge in [-0.15, -0.1) is 0 Å². The zero-order valence-corrected chi connectivity index (χ0v) is 11.8. The molecule has 0 unspecified atom stereocenters. The van der Waals surface area contributed by atoms with Crippen LogP contribution >= 0.6 is 0 Å². The molecule has 0 spiro atoms. The fourth-order valence-corrected chi connectivity index (χ4v) is 2.24. The van der Waals surface area contributed by atoms with Crippen molar-refractivity contribution in [3.63, 3.8) is 0 Å². The second-order valence-corrected chi connectivity index (χ2v) is 4.65. The Morgan fingerprint density at radius 3 is 2.65 bits per heavy atom. The van der Waals surface area contributed by atoms with Gasteiger partial charge in [-0.3, -0.25) is 0 Å². The van der Waals surface area contributed by atoms with Crippen molar-refractivity contribution in [1.29, 1.82) is 0 Å². The van der Waals surface area contributed by atoms with E-state index in [2.05, 4.69) is 0 Å². The molecule has 0 radical (unpaired) electrons. The van der Waals surface area contributed by atoms with Crippen molar-refractivity contribution in [2.45, 2.75) is 13.1 Å². The van der Waals surface area contributed by atoms with E-state index in [0.29, 0.717) is 12.1 Å². The lowest BCUT2D eigenvalue weighted by Crippen LogP contribution is -2.19. The molecule has 0 aliphatic heterocycles. The van der Waals surface area contributed by atoms with Crippen LogP contribution in [0.25, 0.3) is 0 Å². The zero-order chi connectivity index (χ0) is 14.5. The average Bonchev–Trinajstić information content (AvgIpc) is 2.47. The van der Waals surface area contributed by atoms with Gasteiger partial charge in [0.05, 0.1) is 7.11 Å². The smallest absolute Gasteiger partial charge is 0.129 e. The molecule has 0 atom stereocenters. The molecule has 2 rings (SSSR count). The highest BCUT2D eigenvalue weighted by Gasteiger charge is 2.11. The summed E-state index contributed by atoms with van der Waals surface area (Å²) in [4.78, 5) is 1.99. The first kappa shape index (κ1) is 14.3. The Morgan fingerprint density at radius 1 is 1.20 bits per heavy atom. The summed E-state index contributed by atoms with van der Waals surface area (Å²) in [6.07, 6.45) is 0. The van der Waals surface area contributed by atoms with Gasteiger partial charge < -0.3 is 15.4 Å². The molecule has 2 N–H and O–H groups in total. The Labute approximate surface area is 118 Å². The van der Waals surface area contributed by atoms with Crippen molar-refractivity contribution >= 4 is 5.69 Å². The summed E-state index contributed by atoms with van der Waals surface area (Å²) in [5, 5.41) is 0. The summed E-state index contributed by atoms with van der Waals surface area (Å²) in [6.45, 7) is 0.845. The first-order chi connectivity index (χ1) is 9.65. The molecule has 0 heterocycles. The number of rotatable bonds is 5. The van der Waals surface area contributed by atoms with Gasteiger partial charge in [-0.2, -0.15) is 0 Å². The number of nitrogens with two attached hydrogens (primary N) is 1. The monoisotopic (exact) mass is 274 g/mol. The quantitative estimate of drug-likeness (QED) is 0.911. The number of anilines is 1. The van der Waals surface area contributed by atoms with Crippen molar-refractivity contribution in [3.05, 3.63) is 59.4 Å². The maximum absolute atomic E-state index is 13.7. The van der Waals surface area contributed by atoms with E-state index in [1.807, 2.05) is 42.3 Å². The Kier molecular flexibility index (Phi) is 4.58. The van der Waals surface area contributed by atoms with E-state index in [1.54, 1.807) is 13.2 Å². The number of hydrogen-bond acceptors (Lipinski definition) is 3. The van der Waals surface area contributed by atoms with E-state index in [4.69, 9.17) is 10.5 Å². The fraction of sp³-hybridized carbons (Fsp3) is 0.250. The molecule has 106 valence electrons. The molecule has 0 saturated carbocycles. The van der Waals surface area contributed by atoms with Gasteiger partial charge in [0.1, 0.15) is 11.6 Å². The average molecular weight is 274 g/mol. The summed E-state index contributed by atoms with van der Waals surface area (Å²) < 4.78 is 18.9. The lowest BCUT2D eigenvalue weighted by Gasteiger charge is -2.22. The van der Waals surface area contributed by atoms with E-state index < -0.39 is 0 Å². The molecular weight excluding hydrogens is 255 g/mol. The minimum Gasteiger partial charge on any atom is -0.497 e. The van der Waals surface area contributed by atoms with Crippen LogP contribution in [0.4, 0.5) is 10.1 Å². The van der Waals surface area contributed by atoms with Crippen LogP contribution < -0.4 is 15.4 Å². The molecule has 0 fully saturated rings. The van der Waals surface area contributed by atoms with Crippen LogP contribution in [-0.4, -0.2) is 14.2 Å². The topological polar surface area (TPSA) is 38.5 Å². The highest BCUT2D eigenvalue weighted by Crippen LogP contribution is 2.24. The number of benzene rings is 2. The Hall–Kier alpha value is -2.07. The first-order valence-electron chi connectivity index (χ1n) is 6.47. The summed E-state index contributed by atoms with van der Waals surface area (Å²) in [5.41, 5.74) is 8.09. The third-order valence-electron chi connectivity index (χ3n) is 3.26. The van der Waals surface area contributed by atoms with Crippen LogP contribution in [0.3, 0.4) is 0 Å². The fourth-order valence-electron chi connectivity index (χ4n) is 2.24.